The van der Waals surface area contributed by atoms with E-state index in [1.54, 1.807) is 6.20 Å². The predicted octanol–water partition coefficient (Wildman–Crippen LogP) is 2.03. The Labute approximate surface area is 98.7 Å². The minimum Gasteiger partial charge on any atom is -0.327 e. The lowest BCUT2D eigenvalue weighted by Gasteiger charge is -2.21. The van der Waals surface area contributed by atoms with Crippen LogP contribution in [0.25, 0.3) is 0 Å². The van der Waals surface area contributed by atoms with Gasteiger partial charge in [0.15, 0.2) is 0 Å². The summed E-state index contributed by atoms with van der Waals surface area (Å²) >= 11 is 0. The zero-order valence-corrected chi connectivity index (χ0v) is 10.4. The van der Waals surface area contributed by atoms with Crippen LogP contribution in [0.2, 0.25) is 0 Å². The second-order valence-corrected chi connectivity index (χ2v) is 4.46. The maximum atomic E-state index is 6.06. The molecule has 1 aromatic heterocycles. The third kappa shape index (κ3) is 5.24. The molecule has 1 atom stereocenters. The van der Waals surface area contributed by atoms with Crippen molar-refractivity contribution >= 4 is 0 Å². The monoisotopic (exact) mass is 221 g/mol. The average Bonchev–Trinajstić information content (AvgIpc) is 2.27. The van der Waals surface area contributed by atoms with E-state index in [0.29, 0.717) is 6.04 Å². The number of hydrogen-bond donors (Lipinski definition) is 1. The molecule has 90 valence electrons. The summed E-state index contributed by atoms with van der Waals surface area (Å²) in [6, 6.07) is 4.36. The molecule has 1 aromatic rings. The van der Waals surface area contributed by atoms with E-state index in [-0.39, 0.29) is 0 Å². The minimum atomic E-state index is 0.293. The van der Waals surface area contributed by atoms with Crippen molar-refractivity contribution in [3.8, 4) is 0 Å². The van der Waals surface area contributed by atoms with Crippen LogP contribution in [0.5, 0.6) is 0 Å². The van der Waals surface area contributed by atoms with Crippen molar-refractivity contribution in [2.75, 3.05) is 13.6 Å². The molecule has 2 N–H and O–H groups in total. The molecule has 0 saturated heterocycles. The number of nitrogens with two attached hydrogens (primary N) is 1. The van der Waals surface area contributed by atoms with Gasteiger partial charge in [0.2, 0.25) is 0 Å². The Morgan fingerprint density at radius 1 is 1.50 bits per heavy atom. The molecule has 1 heterocycles. The van der Waals surface area contributed by atoms with Crippen LogP contribution in [0, 0.1) is 0 Å². The molecule has 0 aliphatic heterocycles. The van der Waals surface area contributed by atoms with Crippen LogP contribution in [0.15, 0.2) is 24.5 Å². The van der Waals surface area contributed by atoms with Crippen LogP contribution < -0.4 is 5.73 Å². The second-order valence-electron chi connectivity index (χ2n) is 4.46. The number of pyridine rings is 1. The molecule has 0 bridgehead atoms. The molecule has 0 aromatic carbocycles. The molecular weight excluding hydrogens is 198 g/mol. The highest BCUT2D eigenvalue weighted by molar-refractivity contribution is 5.07. The van der Waals surface area contributed by atoms with Gasteiger partial charge in [-0.2, -0.15) is 0 Å². The summed E-state index contributed by atoms with van der Waals surface area (Å²) in [6.07, 6.45) is 7.28. The first-order valence-electron chi connectivity index (χ1n) is 6.05. The molecule has 0 aliphatic rings. The Balaban J connectivity index is 2.27. The number of hydrogen-bond acceptors (Lipinski definition) is 3. The highest BCUT2D eigenvalue weighted by Gasteiger charge is 2.06. The van der Waals surface area contributed by atoms with Gasteiger partial charge < -0.3 is 10.6 Å². The van der Waals surface area contributed by atoms with E-state index >= 15 is 0 Å². The fourth-order valence-corrected chi connectivity index (χ4v) is 1.83. The Morgan fingerprint density at radius 3 is 2.94 bits per heavy atom. The van der Waals surface area contributed by atoms with E-state index in [1.807, 2.05) is 12.3 Å². The van der Waals surface area contributed by atoms with Crippen LogP contribution in [-0.2, 0) is 6.54 Å². The lowest BCUT2D eigenvalue weighted by Crippen LogP contribution is -2.34. The summed E-state index contributed by atoms with van der Waals surface area (Å²) in [6.45, 7) is 4.08. The van der Waals surface area contributed by atoms with Gasteiger partial charge in [-0.3, -0.25) is 4.98 Å². The SMILES string of the molecule is CCCCC(N)CN(C)Cc1cccnc1. The Morgan fingerprint density at radius 2 is 2.31 bits per heavy atom. The van der Waals surface area contributed by atoms with Crippen LogP contribution in [0.4, 0.5) is 0 Å². The summed E-state index contributed by atoms with van der Waals surface area (Å²) in [7, 11) is 2.11. The minimum absolute atomic E-state index is 0.293. The van der Waals surface area contributed by atoms with Gasteiger partial charge in [-0.25, -0.2) is 0 Å². The maximum absolute atomic E-state index is 6.06. The highest BCUT2D eigenvalue weighted by Crippen LogP contribution is 2.04. The third-order valence-electron chi connectivity index (χ3n) is 2.65. The average molecular weight is 221 g/mol. The zero-order valence-electron chi connectivity index (χ0n) is 10.4. The molecule has 3 heteroatoms. The normalized spacial score (nSPS) is 13.0. The number of aromatic nitrogens is 1. The van der Waals surface area contributed by atoms with Gasteiger partial charge in [-0.15, -0.1) is 0 Å². The van der Waals surface area contributed by atoms with E-state index in [4.69, 9.17) is 5.73 Å². The molecule has 0 radical (unpaired) electrons. The number of rotatable bonds is 7. The summed E-state index contributed by atoms with van der Waals surface area (Å²) < 4.78 is 0. The Kier molecular flexibility index (Phi) is 6.04. The molecule has 1 unspecified atom stereocenters. The topological polar surface area (TPSA) is 42.1 Å². The van der Waals surface area contributed by atoms with Crippen LogP contribution >= 0.6 is 0 Å². The van der Waals surface area contributed by atoms with Gasteiger partial charge in [-0.05, 0) is 25.1 Å². The number of likely N-dealkylation sites (N-methyl/N-ethyl adjacent to an activating group) is 1. The molecule has 16 heavy (non-hydrogen) atoms. The smallest absolute Gasteiger partial charge is 0.0312 e. The maximum Gasteiger partial charge on any atom is 0.0312 e. The van der Waals surface area contributed by atoms with E-state index < -0.39 is 0 Å². The van der Waals surface area contributed by atoms with Gasteiger partial charge >= 0.3 is 0 Å². The number of nitrogens with zero attached hydrogens (tertiary/aromatic N) is 2. The van der Waals surface area contributed by atoms with Crippen LogP contribution in [0.3, 0.4) is 0 Å². The van der Waals surface area contributed by atoms with Gasteiger partial charge in [0.1, 0.15) is 0 Å². The van der Waals surface area contributed by atoms with E-state index in [1.165, 1.54) is 18.4 Å². The van der Waals surface area contributed by atoms with E-state index in [9.17, 15) is 0 Å². The predicted molar refractivity (Wildman–Crippen MR) is 68.1 cm³/mol. The fourth-order valence-electron chi connectivity index (χ4n) is 1.83. The summed E-state index contributed by atoms with van der Waals surface area (Å²) in [5.74, 6) is 0. The standard InChI is InChI=1S/C13H23N3/c1-3-4-7-13(14)11-16(2)10-12-6-5-8-15-9-12/h5-6,8-9,13H,3-4,7,10-11,14H2,1-2H3. The van der Waals surface area contributed by atoms with Crippen molar-refractivity contribution in [3.05, 3.63) is 30.1 Å². The zero-order chi connectivity index (χ0) is 11.8. The lowest BCUT2D eigenvalue weighted by atomic mass is 10.1. The number of unbranched alkanes of at least 4 members (excludes halogenated alkanes) is 1. The van der Waals surface area contributed by atoms with Gasteiger partial charge in [0, 0.05) is 31.5 Å². The summed E-state index contributed by atoms with van der Waals surface area (Å²) in [4.78, 5) is 6.37. The van der Waals surface area contributed by atoms with Crippen molar-refractivity contribution in [2.24, 2.45) is 5.73 Å². The van der Waals surface area contributed by atoms with E-state index in [2.05, 4.69) is 29.9 Å². The molecular formula is C13H23N3. The van der Waals surface area contributed by atoms with Crippen molar-refractivity contribution < 1.29 is 0 Å². The van der Waals surface area contributed by atoms with Gasteiger partial charge in [0.05, 0.1) is 0 Å². The molecule has 0 amide bonds. The van der Waals surface area contributed by atoms with Crippen LogP contribution in [0.1, 0.15) is 31.7 Å². The lowest BCUT2D eigenvalue weighted by molar-refractivity contribution is 0.295. The quantitative estimate of drug-likeness (QED) is 0.766. The highest BCUT2D eigenvalue weighted by atomic mass is 15.1. The first kappa shape index (κ1) is 13.1. The third-order valence-corrected chi connectivity index (χ3v) is 2.65. The Bertz CT molecular complexity index is 274. The fraction of sp³-hybridized carbons (Fsp3) is 0.615. The summed E-state index contributed by atoms with van der Waals surface area (Å²) in [5.41, 5.74) is 7.30. The van der Waals surface area contributed by atoms with Crippen molar-refractivity contribution in [2.45, 2.75) is 38.8 Å². The van der Waals surface area contributed by atoms with Gasteiger partial charge in [0.25, 0.3) is 0 Å². The van der Waals surface area contributed by atoms with Gasteiger partial charge in [-0.1, -0.05) is 25.8 Å². The molecule has 3 nitrogen and oxygen atoms in total. The first-order chi connectivity index (χ1) is 7.72. The molecule has 0 spiro atoms. The molecule has 0 fully saturated rings. The molecule has 1 rings (SSSR count). The molecule has 0 aliphatic carbocycles. The largest absolute Gasteiger partial charge is 0.327 e. The first-order valence-corrected chi connectivity index (χ1v) is 6.05. The summed E-state index contributed by atoms with van der Waals surface area (Å²) in [5, 5.41) is 0. The van der Waals surface area contributed by atoms with E-state index in [0.717, 1.165) is 19.5 Å². The Hall–Kier alpha value is -0.930. The van der Waals surface area contributed by atoms with Crippen molar-refractivity contribution in [3.63, 3.8) is 0 Å². The van der Waals surface area contributed by atoms with Crippen LogP contribution in [-0.4, -0.2) is 29.5 Å². The molecule has 0 saturated carbocycles. The van der Waals surface area contributed by atoms with Crippen molar-refractivity contribution in [1.82, 2.24) is 9.88 Å². The van der Waals surface area contributed by atoms with Crippen molar-refractivity contribution in [1.29, 1.82) is 0 Å². The second kappa shape index (κ2) is 7.36.